The Kier molecular flexibility index (Phi) is 6.93. The number of hydrogen-bond acceptors (Lipinski definition) is 3. The number of carbonyl (C=O) groups is 1. The Balaban J connectivity index is 2.24. The molecule has 2 amide bonds. The van der Waals surface area contributed by atoms with E-state index in [0.29, 0.717) is 25.4 Å². The predicted octanol–water partition coefficient (Wildman–Crippen LogP) is 1.49. The molecule has 1 fully saturated rings. The third-order valence-electron chi connectivity index (χ3n) is 3.94. The minimum atomic E-state index is -3.18. The van der Waals surface area contributed by atoms with E-state index in [1.807, 2.05) is 20.9 Å². The number of nitrogens with one attached hydrogen (secondary N) is 1. The van der Waals surface area contributed by atoms with Crippen LogP contribution in [0, 0.1) is 5.92 Å². The second-order valence-corrected chi connectivity index (χ2v) is 8.17. The highest BCUT2D eigenvalue weighted by Crippen LogP contribution is 2.26. The molecule has 124 valence electrons. The number of amides is 2. The summed E-state index contributed by atoms with van der Waals surface area (Å²) in [4.78, 5) is 13.6. The molecule has 1 saturated carbocycles. The van der Waals surface area contributed by atoms with Gasteiger partial charge in [-0.2, -0.15) is 4.31 Å². The average Bonchev–Trinajstić information content (AvgIpc) is 2.30. The lowest BCUT2D eigenvalue weighted by atomic mass is 9.85. The molecular weight excluding hydrogens is 290 g/mol. The Morgan fingerprint density at radius 1 is 1.33 bits per heavy atom. The summed E-state index contributed by atoms with van der Waals surface area (Å²) in [5, 5.41) is 2.85. The number of urea groups is 1. The summed E-state index contributed by atoms with van der Waals surface area (Å²) in [6.45, 7) is 5.45. The number of rotatable bonds is 8. The minimum Gasteiger partial charge on any atom is -0.338 e. The number of hydrogen-bond donors (Lipinski definition) is 1. The van der Waals surface area contributed by atoms with Crippen molar-refractivity contribution < 1.29 is 13.2 Å². The van der Waals surface area contributed by atoms with Crippen LogP contribution in [0.5, 0.6) is 0 Å². The van der Waals surface area contributed by atoms with Crippen LogP contribution >= 0.6 is 0 Å². The van der Waals surface area contributed by atoms with E-state index in [-0.39, 0.29) is 12.1 Å². The third kappa shape index (κ3) is 6.22. The first-order chi connectivity index (χ1) is 9.71. The molecular formula is C14H29N3O3S. The third-order valence-corrected chi connectivity index (χ3v) is 5.39. The molecule has 1 N–H and O–H groups in total. The molecule has 0 unspecified atom stereocenters. The Bertz CT molecular complexity index is 433. The van der Waals surface area contributed by atoms with E-state index >= 15 is 0 Å². The van der Waals surface area contributed by atoms with Crippen molar-refractivity contribution in [3.8, 4) is 0 Å². The second kappa shape index (κ2) is 7.98. The van der Waals surface area contributed by atoms with Crippen molar-refractivity contribution in [3.63, 3.8) is 0 Å². The lowest BCUT2D eigenvalue weighted by Gasteiger charge is -2.30. The van der Waals surface area contributed by atoms with E-state index in [1.165, 1.54) is 29.8 Å². The molecule has 0 aromatic rings. The summed E-state index contributed by atoms with van der Waals surface area (Å²) in [7, 11) is -1.37. The van der Waals surface area contributed by atoms with Crippen LogP contribution in [0.1, 0.15) is 39.5 Å². The van der Waals surface area contributed by atoms with Crippen LogP contribution in [0.25, 0.3) is 0 Å². The van der Waals surface area contributed by atoms with Gasteiger partial charge < -0.3 is 10.2 Å². The first kappa shape index (κ1) is 18.2. The topological polar surface area (TPSA) is 69.7 Å². The number of sulfonamides is 1. The van der Waals surface area contributed by atoms with Gasteiger partial charge in [0.25, 0.3) is 0 Å². The van der Waals surface area contributed by atoms with Gasteiger partial charge >= 0.3 is 6.03 Å². The van der Waals surface area contributed by atoms with Crippen LogP contribution in [0.15, 0.2) is 0 Å². The fraction of sp³-hybridized carbons (Fsp3) is 0.929. The van der Waals surface area contributed by atoms with Crippen molar-refractivity contribution in [1.82, 2.24) is 14.5 Å². The highest BCUT2D eigenvalue weighted by atomic mass is 32.2. The van der Waals surface area contributed by atoms with Gasteiger partial charge in [0, 0.05) is 32.7 Å². The zero-order chi connectivity index (χ0) is 16.0. The van der Waals surface area contributed by atoms with Gasteiger partial charge in [0.15, 0.2) is 0 Å². The zero-order valence-corrected chi connectivity index (χ0v) is 14.4. The Labute approximate surface area is 128 Å². The molecule has 1 aliphatic carbocycles. The fourth-order valence-corrected chi connectivity index (χ4v) is 3.74. The van der Waals surface area contributed by atoms with Crippen molar-refractivity contribution in [2.24, 2.45) is 5.92 Å². The molecule has 0 radical (unpaired) electrons. The first-order valence-corrected chi connectivity index (χ1v) is 9.52. The molecule has 6 nitrogen and oxygen atoms in total. The van der Waals surface area contributed by atoms with Gasteiger partial charge in [-0.25, -0.2) is 13.2 Å². The summed E-state index contributed by atoms with van der Waals surface area (Å²) >= 11 is 0. The zero-order valence-electron chi connectivity index (χ0n) is 13.6. The van der Waals surface area contributed by atoms with Crippen molar-refractivity contribution in [2.75, 3.05) is 32.9 Å². The molecule has 0 heterocycles. The Morgan fingerprint density at radius 2 is 1.95 bits per heavy atom. The van der Waals surface area contributed by atoms with Crippen molar-refractivity contribution in [1.29, 1.82) is 0 Å². The van der Waals surface area contributed by atoms with Gasteiger partial charge in [-0.05, 0) is 39.0 Å². The minimum absolute atomic E-state index is 0.0583. The van der Waals surface area contributed by atoms with E-state index in [4.69, 9.17) is 0 Å². The van der Waals surface area contributed by atoms with Crippen molar-refractivity contribution in [3.05, 3.63) is 0 Å². The summed E-state index contributed by atoms with van der Waals surface area (Å²) < 4.78 is 24.7. The summed E-state index contributed by atoms with van der Waals surface area (Å²) in [5.74, 6) is 0.655. The molecule has 0 saturated heterocycles. The van der Waals surface area contributed by atoms with E-state index in [1.54, 1.807) is 4.90 Å². The molecule has 0 bridgehead atoms. The lowest BCUT2D eigenvalue weighted by molar-refractivity contribution is 0.182. The normalized spacial score (nSPS) is 16.1. The Morgan fingerprint density at radius 3 is 2.38 bits per heavy atom. The van der Waals surface area contributed by atoms with Crippen LogP contribution < -0.4 is 5.32 Å². The van der Waals surface area contributed by atoms with Gasteiger partial charge in [0.05, 0.1) is 6.26 Å². The standard InChI is InChI=1S/C14H29N3O3S/c1-12(2)17(21(4,19)20)10-6-9-15-14(18)16(3)11-13-7-5-8-13/h12-13H,5-11H2,1-4H3,(H,15,18). The van der Waals surface area contributed by atoms with Gasteiger partial charge in [-0.15, -0.1) is 0 Å². The number of nitrogens with zero attached hydrogens (tertiary/aromatic N) is 2. The van der Waals surface area contributed by atoms with Crippen LogP contribution in [-0.4, -0.2) is 62.6 Å². The Hall–Kier alpha value is -0.820. The van der Waals surface area contributed by atoms with Crippen LogP contribution in [0.3, 0.4) is 0 Å². The maximum Gasteiger partial charge on any atom is 0.317 e. The summed E-state index contributed by atoms with van der Waals surface area (Å²) in [6, 6.07) is -0.130. The molecule has 1 rings (SSSR count). The molecule has 21 heavy (non-hydrogen) atoms. The maximum absolute atomic E-state index is 11.9. The molecule has 0 aromatic heterocycles. The van der Waals surface area contributed by atoms with Gasteiger partial charge in [0.1, 0.15) is 0 Å². The van der Waals surface area contributed by atoms with Gasteiger partial charge in [0.2, 0.25) is 10.0 Å². The SMILES string of the molecule is CC(C)N(CCCNC(=O)N(C)CC1CCC1)S(C)(=O)=O. The van der Waals surface area contributed by atoms with E-state index in [9.17, 15) is 13.2 Å². The van der Waals surface area contributed by atoms with Gasteiger partial charge in [-0.1, -0.05) is 6.42 Å². The highest BCUT2D eigenvalue weighted by Gasteiger charge is 2.22. The molecule has 7 heteroatoms. The molecule has 1 aliphatic rings. The van der Waals surface area contributed by atoms with E-state index in [0.717, 1.165) is 6.54 Å². The van der Waals surface area contributed by atoms with Crippen LogP contribution in [-0.2, 0) is 10.0 Å². The maximum atomic E-state index is 11.9. The quantitative estimate of drug-likeness (QED) is 0.689. The van der Waals surface area contributed by atoms with Crippen LogP contribution in [0.2, 0.25) is 0 Å². The van der Waals surface area contributed by atoms with Crippen molar-refractivity contribution in [2.45, 2.75) is 45.6 Å². The van der Waals surface area contributed by atoms with E-state index < -0.39 is 10.0 Å². The number of carbonyl (C=O) groups excluding carboxylic acids is 1. The smallest absolute Gasteiger partial charge is 0.317 e. The van der Waals surface area contributed by atoms with Gasteiger partial charge in [-0.3, -0.25) is 0 Å². The van der Waals surface area contributed by atoms with E-state index in [2.05, 4.69) is 5.32 Å². The predicted molar refractivity (Wildman–Crippen MR) is 84.7 cm³/mol. The summed E-state index contributed by atoms with van der Waals surface area (Å²) in [6.07, 6.45) is 5.55. The fourth-order valence-electron chi connectivity index (χ4n) is 2.52. The largest absolute Gasteiger partial charge is 0.338 e. The molecule has 0 aliphatic heterocycles. The first-order valence-electron chi connectivity index (χ1n) is 7.67. The average molecular weight is 319 g/mol. The monoisotopic (exact) mass is 319 g/mol. The highest BCUT2D eigenvalue weighted by molar-refractivity contribution is 7.88. The summed E-state index contributed by atoms with van der Waals surface area (Å²) in [5.41, 5.74) is 0. The molecule has 0 spiro atoms. The molecule has 0 atom stereocenters. The van der Waals surface area contributed by atoms with Crippen LogP contribution in [0.4, 0.5) is 4.79 Å². The second-order valence-electron chi connectivity index (χ2n) is 6.23. The van der Waals surface area contributed by atoms with Crippen molar-refractivity contribution >= 4 is 16.1 Å². The molecule has 0 aromatic carbocycles. The lowest BCUT2D eigenvalue weighted by Crippen LogP contribution is -2.42.